The minimum absolute atomic E-state index is 0.0471. The number of aliphatic carboxylic acids is 1. The molecule has 0 amide bonds. The monoisotopic (exact) mass is 226 g/mol. The topological polar surface area (TPSA) is 106 Å². The SMILES string of the molecule is Nc1c(C=CC(=O)O)cc(F)cc1[N+](=O)[O-]. The summed E-state index contributed by atoms with van der Waals surface area (Å²) in [5.41, 5.74) is 4.47. The lowest BCUT2D eigenvalue weighted by Crippen LogP contribution is -1.99. The van der Waals surface area contributed by atoms with Gasteiger partial charge >= 0.3 is 5.97 Å². The van der Waals surface area contributed by atoms with Gasteiger partial charge in [0, 0.05) is 11.6 Å². The van der Waals surface area contributed by atoms with Gasteiger partial charge in [0.15, 0.2) is 0 Å². The number of rotatable bonds is 3. The number of anilines is 1. The third-order valence-corrected chi connectivity index (χ3v) is 1.76. The predicted octanol–water partition coefficient (Wildman–Crippen LogP) is 1.41. The van der Waals surface area contributed by atoms with Crippen molar-refractivity contribution in [1.29, 1.82) is 0 Å². The number of nitrogens with two attached hydrogens (primary N) is 1. The zero-order valence-electron chi connectivity index (χ0n) is 7.88. The molecule has 0 atom stereocenters. The number of hydrogen-bond acceptors (Lipinski definition) is 4. The second-order valence-electron chi connectivity index (χ2n) is 2.86. The lowest BCUT2D eigenvalue weighted by molar-refractivity contribution is -0.384. The maximum absolute atomic E-state index is 13.0. The summed E-state index contributed by atoms with van der Waals surface area (Å²) in [5.74, 6) is -2.11. The number of benzene rings is 1. The Morgan fingerprint density at radius 1 is 1.56 bits per heavy atom. The molecule has 0 saturated heterocycles. The first-order valence-electron chi connectivity index (χ1n) is 4.06. The fourth-order valence-corrected chi connectivity index (χ4v) is 1.07. The summed E-state index contributed by atoms with van der Waals surface area (Å²) in [4.78, 5) is 19.9. The smallest absolute Gasteiger partial charge is 0.328 e. The van der Waals surface area contributed by atoms with Crippen molar-refractivity contribution in [3.63, 3.8) is 0 Å². The number of carboxylic acids is 1. The fourth-order valence-electron chi connectivity index (χ4n) is 1.07. The van der Waals surface area contributed by atoms with Crippen LogP contribution in [0.1, 0.15) is 5.56 Å². The van der Waals surface area contributed by atoms with E-state index in [9.17, 15) is 19.3 Å². The van der Waals surface area contributed by atoms with Crippen LogP contribution in [0.2, 0.25) is 0 Å². The summed E-state index contributed by atoms with van der Waals surface area (Å²) in [6, 6.07) is 1.59. The van der Waals surface area contributed by atoms with Gasteiger partial charge in [0.05, 0.1) is 11.0 Å². The van der Waals surface area contributed by atoms with Crippen molar-refractivity contribution in [1.82, 2.24) is 0 Å². The minimum Gasteiger partial charge on any atom is -0.478 e. The molecule has 3 N–H and O–H groups in total. The number of hydrogen-bond donors (Lipinski definition) is 2. The lowest BCUT2D eigenvalue weighted by atomic mass is 10.1. The third-order valence-electron chi connectivity index (χ3n) is 1.76. The van der Waals surface area contributed by atoms with Crippen LogP contribution in [0.3, 0.4) is 0 Å². The molecule has 1 rings (SSSR count). The van der Waals surface area contributed by atoms with Crippen molar-refractivity contribution < 1.29 is 19.2 Å². The van der Waals surface area contributed by atoms with E-state index in [0.717, 1.165) is 18.2 Å². The highest BCUT2D eigenvalue weighted by Crippen LogP contribution is 2.27. The second kappa shape index (κ2) is 4.39. The molecule has 1 aromatic carbocycles. The van der Waals surface area contributed by atoms with Gasteiger partial charge in [0.1, 0.15) is 11.5 Å². The molecular formula is C9H7FN2O4. The summed E-state index contributed by atoms with van der Waals surface area (Å²) in [7, 11) is 0. The number of halogens is 1. The van der Waals surface area contributed by atoms with Gasteiger partial charge in [-0.15, -0.1) is 0 Å². The van der Waals surface area contributed by atoms with Crippen molar-refractivity contribution in [2.24, 2.45) is 0 Å². The van der Waals surface area contributed by atoms with E-state index in [4.69, 9.17) is 10.8 Å². The normalized spacial score (nSPS) is 10.6. The van der Waals surface area contributed by atoms with Gasteiger partial charge < -0.3 is 10.8 Å². The molecule has 84 valence electrons. The molecule has 0 spiro atoms. The fraction of sp³-hybridized carbons (Fsp3) is 0. The Kier molecular flexibility index (Phi) is 3.19. The molecule has 0 radical (unpaired) electrons. The number of nitrogens with zero attached hydrogens (tertiary/aromatic N) is 1. The highest BCUT2D eigenvalue weighted by molar-refractivity contribution is 5.87. The van der Waals surface area contributed by atoms with Crippen LogP contribution >= 0.6 is 0 Å². The van der Waals surface area contributed by atoms with E-state index in [1.54, 1.807) is 0 Å². The first-order valence-corrected chi connectivity index (χ1v) is 4.06. The summed E-state index contributed by atoms with van der Waals surface area (Å²) in [6.07, 6.45) is 1.71. The van der Waals surface area contributed by atoms with Gasteiger partial charge in [-0.3, -0.25) is 10.1 Å². The minimum atomic E-state index is -1.26. The molecule has 0 heterocycles. The molecule has 0 aliphatic rings. The Labute approximate surface area is 89.0 Å². The molecule has 1 aromatic rings. The Morgan fingerprint density at radius 3 is 2.69 bits per heavy atom. The molecule has 0 unspecified atom stereocenters. The highest BCUT2D eigenvalue weighted by Gasteiger charge is 2.16. The molecule has 7 heteroatoms. The maximum Gasteiger partial charge on any atom is 0.328 e. The first-order chi connectivity index (χ1) is 7.41. The molecule has 0 aromatic heterocycles. The Balaban J connectivity index is 3.29. The summed E-state index contributed by atoms with van der Waals surface area (Å²) >= 11 is 0. The van der Waals surface area contributed by atoms with Crippen LogP contribution in [-0.2, 0) is 4.79 Å². The Bertz CT molecular complexity index is 485. The average Bonchev–Trinajstić information content (AvgIpc) is 2.18. The van der Waals surface area contributed by atoms with Gasteiger partial charge in [-0.05, 0) is 12.1 Å². The van der Waals surface area contributed by atoms with Crippen molar-refractivity contribution in [3.05, 3.63) is 39.7 Å². The summed E-state index contributed by atoms with van der Waals surface area (Å²) < 4.78 is 13.0. The Hall–Kier alpha value is -2.44. The highest BCUT2D eigenvalue weighted by atomic mass is 19.1. The van der Waals surface area contributed by atoms with Crippen molar-refractivity contribution >= 4 is 23.4 Å². The largest absolute Gasteiger partial charge is 0.478 e. The molecule has 0 aliphatic carbocycles. The van der Waals surface area contributed by atoms with E-state index in [1.165, 1.54) is 0 Å². The number of carboxylic acid groups (broad SMARTS) is 1. The first kappa shape index (κ1) is 11.6. The molecule has 0 aliphatic heterocycles. The third kappa shape index (κ3) is 2.53. The van der Waals surface area contributed by atoms with E-state index < -0.39 is 22.4 Å². The lowest BCUT2D eigenvalue weighted by Gasteiger charge is -2.01. The van der Waals surface area contributed by atoms with Crippen LogP contribution < -0.4 is 5.73 Å². The standard InChI is InChI=1S/C9H7FN2O4/c10-6-3-5(1-2-8(13)14)9(11)7(4-6)12(15)16/h1-4H,11H2,(H,13,14). The van der Waals surface area contributed by atoms with Crippen LogP contribution in [0.15, 0.2) is 18.2 Å². The van der Waals surface area contributed by atoms with E-state index >= 15 is 0 Å². The van der Waals surface area contributed by atoms with E-state index in [1.807, 2.05) is 0 Å². The maximum atomic E-state index is 13.0. The van der Waals surface area contributed by atoms with E-state index in [-0.39, 0.29) is 11.3 Å². The van der Waals surface area contributed by atoms with Crippen LogP contribution in [0, 0.1) is 15.9 Å². The molecule has 0 bridgehead atoms. The van der Waals surface area contributed by atoms with Gasteiger partial charge in [-0.25, -0.2) is 9.18 Å². The van der Waals surface area contributed by atoms with Crippen LogP contribution in [0.5, 0.6) is 0 Å². The number of nitro groups is 1. The molecule has 6 nitrogen and oxygen atoms in total. The van der Waals surface area contributed by atoms with Gasteiger partial charge in [-0.2, -0.15) is 0 Å². The molecule has 0 saturated carbocycles. The number of nitro benzene ring substituents is 1. The van der Waals surface area contributed by atoms with E-state index in [2.05, 4.69) is 0 Å². The quantitative estimate of drug-likeness (QED) is 0.350. The summed E-state index contributed by atoms with van der Waals surface area (Å²) in [6.45, 7) is 0. The molecular weight excluding hydrogens is 219 g/mol. The van der Waals surface area contributed by atoms with Crippen LogP contribution in [0.4, 0.5) is 15.8 Å². The van der Waals surface area contributed by atoms with E-state index in [0.29, 0.717) is 6.07 Å². The predicted molar refractivity (Wildman–Crippen MR) is 54.1 cm³/mol. The molecule has 0 fully saturated rings. The zero-order valence-corrected chi connectivity index (χ0v) is 7.88. The van der Waals surface area contributed by atoms with Gasteiger partial charge in [0.2, 0.25) is 0 Å². The molecule has 16 heavy (non-hydrogen) atoms. The van der Waals surface area contributed by atoms with Crippen molar-refractivity contribution in [3.8, 4) is 0 Å². The van der Waals surface area contributed by atoms with Crippen molar-refractivity contribution in [2.45, 2.75) is 0 Å². The van der Waals surface area contributed by atoms with Crippen LogP contribution in [0.25, 0.3) is 6.08 Å². The zero-order chi connectivity index (χ0) is 12.3. The van der Waals surface area contributed by atoms with Gasteiger partial charge in [0.25, 0.3) is 5.69 Å². The Morgan fingerprint density at radius 2 is 2.19 bits per heavy atom. The van der Waals surface area contributed by atoms with Crippen LogP contribution in [-0.4, -0.2) is 16.0 Å². The van der Waals surface area contributed by atoms with Crippen molar-refractivity contribution in [2.75, 3.05) is 5.73 Å². The second-order valence-corrected chi connectivity index (χ2v) is 2.86. The average molecular weight is 226 g/mol. The summed E-state index contributed by atoms with van der Waals surface area (Å²) in [5, 5.41) is 18.8. The number of nitrogen functional groups attached to an aromatic ring is 1. The van der Waals surface area contributed by atoms with Gasteiger partial charge in [-0.1, -0.05) is 0 Å². The number of carbonyl (C=O) groups is 1.